The van der Waals surface area contributed by atoms with Crippen molar-refractivity contribution in [1.29, 1.82) is 0 Å². The SMILES string of the molecule is O=C(NCCOc1ccccc1)c1ccnc(NC2CCC(O)CC2)c1. The van der Waals surface area contributed by atoms with Crippen molar-refractivity contribution in [3.8, 4) is 5.75 Å². The number of ether oxygens (including phenoxy) is 1. The molecule has 1 aliphatic carbocycles. The molecule has 6 nitrogen and oxygen atoms in total. The summed E-state index contributed by atoms with van der Waals surface area (Å²) in [4.78, 5) is 16.6. The number of amides is 1. The Morgan fingerprint density at radius 3 is 2.69 bits per heavy atom. The zero-order valence-corrected chi connectivity index (χ0v) is 14.7. The van der Waals surface area contributed by atoms with Crippen LogP contribution in [0.15, 0.2) is 48.7 Å². The average molecular weight is 355 g/mol. The van der Waals surface area contributed by atoms with Gasteiger partial charge in [0.2, 0.25) is 0 Å². The Balaban J connectivity index is 1.45. The first kappa shape index (κ1) is 18.2. The molecular formula is C20H25N3O3. The number of aliphatic hydroxyl groups is 1. The van der Waals surface area contributed by atoms with Crippen LogP contribution in [0.2, 0.25) is 0 Å². The van der Waals surface area contributed by atoms with E-state index in [0.29, 0.717) is 30.6 Å². The van der Waals surface area contributed by atoms with Crippen molar-refractivity contribution in [2.75, 3.05) is 18.5 Å². The summed E-state index contributed by atoms with van der Waals surface area (Å²) in [5, 5.41) is 15.8. The summed E-state index contributed by atoms with van der Waals surface area (Å²) in [6, 6.07) is 13.3. The fraction of sp³-hybridized carbons (Fsp3) is 0.400. The third-order valence-electron chi connectivity index (χ3n) is 4.47. The Morgan fingerprint density at radius 1 is 1.15 bits per heavy atom. The second kappa shape index (κ2) is 9.20. The maximum Gasteiger partial charge on any atom is 0.251 e. The van der Waals surface area contributed by atoms with Crippen LogP contribution in [0.4, 0.5) is 5.82 Å². The highest BCUT2D eigenvalue weighted by molar-refractivity contribution is 5.94. The Bertz CT molecular complexity index is 700. The molecule has 1 aromatic heterocycles. The second-order valence-electron chi connectivity index (χ2n) is 6.50. The molecule has 1 aliphatic rings. The van der Waals surface area contributed by atoms with Crippen LogP contribution in [0.3, 0.4) is 0 Å². The van der Waals surface area contributed by atoms with E-state index >= 15 is 0 Å². The predicted octanol–water partition coefficient (Wildman–Crippen LogP) is 2.61. The normalized spacial score (nSPS) is 19.6. The maximum atomic E-state index is 12.3. The number of nitrogens with zero attached hydrogens (tertiary/aromatic N) is 1. The monoisotopic (exact) mass is 355 g/mol. The van der Waals surface area contributed by atoms with E-state index < -0.39 is 0 Å². The first-order valence-electron chi connectivity index (χ1n) is 9.07. The Kier molecular flexibility index (Phi) is 6.44. The molecule has 3 rings (SSSR count). The number of aliphatic hydroxyl groups excluding tert-OH is 1. The number of rotatable bonds is 7. The van der Waals surface area contributed by atoms with Gasteiger partial charge in [-0.3, -0.25) is 4.79 Å². The van der Waals surface area contributed by atoms with E-state index in [-0.39, 0.29) is 12.0 Å². The van der Waals surface area contributed by atoms with Gasteiger partial charge in [-0.15, -0.1) is 0 Å². The molecule has 0 spiro atoms. The van der Waals surface area contributed by atoms with E-state index in [4.69, 9.17) is 4.74 Å². The molecule has 0 atom stereocenters. The predicted molar refractivity (Wildman–Crippen MR) is 100 cm³/mol. The number of pyridine rings is 1. The minimum absolute atomic E-state index is 0.147. The number of nitrogens with one attached hydrogen (secondary N) is 2. The lowest BCUT2D eigenvalue weighted by molar-refractivity contribution is 0.0947. The lowest BCUT2D eigenvalue weighted by atomic mass is 9.93. The average Bonchev–Trinajstić information content (AvgIpc) is 2.68. The van der Waals surface area contributed by atoms with Crippen LogP contribution in [-0.2, 0) is 0 Å². The second-order valence-corrected chi connectivity index (χ2v) is 6.50. The summed E-state index contributed by atoms with van der Waals surface area (Å²) in [6.45, 7) is 0.843. The number of hydrogen-bond acceptors (Lipinski definition) is 5. The highest BCUT2D eigenvalue weighted by atomic mass is 16.5. The number of para-hydroxylation sites is 1. The van der Waals surface area contributed by atoms with E-state index in [1.54, 1.807) is 18.3 Å². The topological polar surface area (TPSA) is 83.5 Å². The number of hydrogen-bond donors (Lipinski definition) is 3. The minimum atomic E-state index is -0.184. The largest absolute Gasteiger partial charge is 0.492 e. The van der Waals surface area contributed by atoms with Crippen LogP contribution in [0, 0.1) is 0 Å². The summed E-state index contributed by atoms with van der Waals surface area (Å²) in [6.07, 6.45) is 4.89. The Morgan fingerprint density at radius 2 is 1.92 bits per heavy atom. The number of carbonyl (C=O) groups is 1. The molecule has 0 bridgehead atoms. The molecular weight excluding hydrogens is 330 g/mol. The summed E-state index contributed by atoms with van der Waals surface area (Å²) in [5.74, 6) is 1.33. The third-order valence-corrected chi connectivity index (χ3v) is 4.47. The lowest BCUT2D eigenvalue weighted by Gasteiger charge is -2.26. The number of aromatic nitrogens is 1. The minimum Gasteiger partial charge on any atom is -0.492 e. The van der Waals surface area contributed by atoms with Crippen molar-refractivity contribution in [1.82, 2.24) is 10.3 Å². The zero-order chi connectivity index (χ0) is 18.2. The van der Waals surface area contributed by atoms with Gasteiger partial charge in [-0.05, 0) is 49.9 Å². The van der Waals surface area contributed by atoms with Crippen molar-refractivity contribution in [3.63, 3.8) is 0 Å². The highest BCUT2D eigenvalue weighted by Crippen LogP contribution is 2.21. The van der Waals surface area contributed by atoms with Gasteiger partial charge in [-0.1, -0.05) is 18.2 Å². The number of anilines is 1. The third kappa shape index (κ3) is 5.46. The molecule has 26 heavy (non-hydrogen) atoms. The van der Waals surface area contributed by atoms with Crippen molar-refractivity contribution in [2.24, 2.45) is 0 Å². The molecule has 1 aromatic carbocycles. The van der Waals surface area contributed by atoms with Gasteiger partial charge >= 0.3 is 0 Å². The van der Waals surface area contributed by atoms with Gasteiger partial charge in [0.15, 0.2) is 0 Å². The molecule has 1 heterocycles. The highest BCUT2D eigenvalue weighted by Gasteiger charge is 2.19. The summed E-state index contributed by atoms with van der Waals surface area (Å²) in [7, 11) is 0. The van der Waals surface area contributed by atoms with E-state index in [0.717, 1.165) is 31.4 Å². The van der Waals surface area contributed by atoms with Crippen molar-refractivity contribution < 1.29 is 14.6 Å². The Hall–Kier alpha value is -2.60. The summed E-state index contributed by atoms with van der Waals surface area (Å²) < 4.78 is 5.57. The van der Waals surface area contributed by atoms with Crippen LogP contribution in [0.5, 0.6) is 5.75 Å². The first-order valence-corrected chi connectivity index (χ1v) is 9.07. The standard InChI is InChI=1S/C20H25N3O3/c24-17-8-6-16(7-9-17)23-19-14-15(10-11-21-19)20(25)22-12-13-26-18-4-2-1-3-5-18/h1-5,10-11,14,16-17,24H,6-9,12-13H2,(H,21,23)(H,22,25). The van der Waals surface area contributed by atoms with Gasteiger partial charge in [-0.25, -0.2) is 4.98 Å². The van der Waals surface area contributed by atoms with Gasteiger partial charge in [0, 0.05) is 17.8 Å². The van der Waals surface area contributed by atoms with Gasteiger partial charge in [0.1, 0.15) is 18.2 Å². The smallest absolute Gasteiger partial charge is 0.251 e. The van der Waals surface area contributed by atoms with Crippen molar-refractivity contribution in [3.05, 3.63) is 54.2 Å². The van der Waals surface area contributed by atoms with Gasteiger partial charge in [-0.2, -0.15) is 0 Å². The molecule has 6 heteroatoms. The van der Waals surface area contributed by atoms with Crippen molar-refractivity contribution in [2.45, 2.75) is 37.8 Å². The van der Waals surface area contributed by atoms with Crippen molar-refractivity contribution >= 4 is 11.7 Å². The van der Waals surface area contributed by atoms with Gasteiger partial charge < -0.3 is 20.5 Å². The molecule has 0 radical (unpaired) electrons. The van der Waals surface area contributed by atoms with Crippen LogP contribution < -0.4 is 15.4 Å². The molecule has 3 N–H and O–H groups in total. The fourth-order valence-corrected chi connectivity index (χ4v) is 3.03. The van der Waals surface area contributed by atoms with Crippen LogP contribution in [0.25, 0.3) is 0 Å². The van der Waals surface area contributed by atoms with E-state index in [2.05, 4.69) is 15.6 Å². The first-order chi connectivity index (χ1) is 12.7. The van der Waals surface area contributed by atoms with E-state index in [9.17, 15) is 9.90 Å². The van der Waals surface area contributed by atoms with Crippen LogP contribution in [0.1, 0.15) is 36.0 Å². The molecule has 0 unspecified atom stereocenters. The zero-order valence-electron chi connectivity index (χ0n) is 14.7. The lowest BCUT2D eigenvalue weighted by Crippen LogP contribution is -2.29. The molecule has 138 valence electrons. The van der Waals surface area contributed by atoms with Crippen LogP contribution >= 0.6 is 0 Å². The van der Waals surface area contributed by atoms with Gasteiger partial charge in [0.05, 0.1) is 12.6 Å². The quantitative estimate of drug-likeness (QED) is 0.665. The summed E-state index contributed by atoms with van der Waals surface area (Å²) >= 11 is 0. The maximum absolute atomic E-state index is 12.3. The number of carbonyl (C=O) groups excluding carboxylic acids is 1. The molecule has 0 aliphatic heterocycles. The van der Waals surface area contributed by atoms with Crippen LogP contribution in [-0.4, -0.2) is 41.3 Å². The molecule has 1 amide bonds. The Labute approximate surface area is 153 Å². The number of benzene rings is 1. The molecule has 1 saturated carbocycles. The van der Waals surface area contributed by atoms with E-state index in [1.165, 1.54) is 0 Å². The fourth-order valence-electron chi connectivity index (χ4n) is 3.03. The molecule has 0 saturated heterocycles. The molecule has 2 aromatic rings. The molecule has 1 fully saturated rings. The van der Waals surface area contributed by atoms with Gasteiger partial charge in [0.25, 0.3) is 5.91 Å². The summed E-state index contributed by atoms with van der Waals surface area (Å²) in [5.41, 5.74) is 0.568. The van der Waals surface area contributed by atoms with E-state index in [1.807, 2.05) is 30.3 Å².